The van der Waals surface area contributed by atoms with Gasteiger partial charge in [-0.25, -0.2) is 4.72 Å². The molecule has 1 unspecified atom stereocenters. The number of nitrogens with zero attached hydrogens (tertiary/aromatic N) is 2. The Hall–Kier alpha value is -2.45. The van der Waals surface area contributed by atoms with Crippen molar-refractivity contribution in [3.8, 4) is 0 Å². The first kappa shape index (κ1) is 16.0. The van der Waals surface area contributed by atoms with E-state index >= 15 is 0 Å². The van der Waals surface area contributed by atoms with Crippen molar-refractivity contribution in [1.82, 2.24) is 13.9 Å². The second kappa shape index (κ2) is 5.82. The van der Waals surface area contributed by atoms with E-state index < -0.39 is 22.2 Å². The third kappa shape index (κ3) is 2.87. The molecule has 1 N–H and O–H groups in total. The maximum absolute atomic E-state index is 12.6. The minimum absolute atomic E-state index is 0.0947. The predicted octanol–water partition coefficient (Wildman–Crippen LogP) is 0.270. The van der Waals surface area contributed by atoms with Gasteiger partial charge < -0.3 is 4.90 Å². The Labute approximate surface area is 145 Å². The highest BCUT2D eigenvalue weighted by Gasteiger charge is 2.47. The summed E-state index contributed by atoms with van der Waals surface area (Å²) in [6.45, 7) is 0.518. The molecule has 2 saturated heterocycles. The Morgan fingerprint density at radius 1 is 1.12 bits per heavy atom. The molecule has 0 aromatic heterocycles. The molecule has 2 heterocycles. The minimum atomic E-state index is -3.73. The molecule has 2 aromatic carbocycles. The fourth-order valence-electron chi connectivity index (χ4n) is 3.38. The van der Waals surface area contributed by atoms with Crippen LogP contribution in [0.5, 0.6) is 0 Å². The summed E-state index contributed by atoms with van der Waals surface area (Å²) in [5.41, 5.74) is 0.898. The molecule has 25 heavy (non-hydrogen) atoms. The van der Waals surface area contributed by atoms with Crippen molar-refractivity contribution in [3.05, 3.63) is 48.0 Å². The molecule has 0 aliphatic carbocycles. The van der Waals surface area contributed by atoms with Crippen LogP contribution in [0.1, 0.15) is 5.56 Å². The lowest BCUT2D eigenvalue weighted by molar-refractivity contribution is -0.134. The first-order valence-corrected chi connectivity index (χ1v) is 9.47. The molecule has 0 radical (unpaired) electrons. The third-order valence-electron chi connectivity index (χ3n) is 4.69. The standard InChI is InChI=1S/C17H17N3O4S/c21-16(10-12-5-6-13-3-1-2-4-14(13)9-12)19-7-8-20-15(11-19)17(22)18-25(20,23)24/h1-6,9,15H,7-8,10-11H2,(H,18,22). The fourth-order valence-corrected chi connectivity index (χ4v) is 4.71. The van der Waals surface area contributed by atoms with Crippen LogP contribution < -0.4 is 4.72 Å². The van der Waals surface area contributed by atoms with Crippen molar-refractivity contribution < 1.29 is 18.0 Å². The molecule has 2 amide bonds. The average Bonchev–Trinajstić information content (AvgIpc) is 2.83. The van der Waals surface area contributed by atoms with E-state index in [1.807, 2.05) is 47.2 Å². The van der Waals surface area contributed by atoms with Crippen molar-refractivity contribution in [2.24, 2.45) is 0 Å². The molecule has 0 spiro atoms. The number of rotatable bonds is 2. The third-order valence-corrected chi connectivity index (χ3v) is 6.21. The molecular formula is C17H17N3O4S. The van der Waals surface area contributed by atoms with Gasteiger partial charge in [-0.15, -0.1) is 0 Å². The Morgan fingerprint density at radius 3 is 2.68 bits per heavy atom. The highest BCUT2D eigenvalue weighted by Crippen LogP contribution is 2.21. The highest BCUT2D eigenvalue weighted by molar-refractivity contribution is 7.88. The summed E-state index contributed by atoms with van der Waals surface area (Å²) in [6.07, 6.45) is 0.228. The molecule has 0 saturated carbocycles. The van der Waals surface area contributed by atoms with Crippen LogP contribution in [0.4, 0.5) is 0 Å². The van der Waals surface area contributed by atoms with Crippen LogP contribution in [0.15, 0.2) is 42.5 Å². The van der Waals surface area contributed by atoms with Crippen molar-refractivity contribution in [3.63, 3.8) is 0 Å². The van der Waals surface area contributed by atoms with Gasteiger partial charge in [0.2, 0.25) is 5.91 Å². The van der Waals surface area contributed by atoms with E-state index in [0.717, 1.165) is 20.6 Å². The second-order valence-corrected chi connectivity index (χ2v) is 7.92. The Morgan fingerprint density at radius 2 is 1.88 bits per heavy atom. The van der Waals surface area contributed by atoms with Gasteiger partial charge in [-0.3, -0.25) is 9.59 Å². The van der Waals surface area contributed by atoms with E-state index in [-0.39, 0.29) is 32.0 Å². The number of fused-ring (bicyclic) bond motifs is 2. The van der Waals surface area contributed by atoms with E-state index in [9.17, 15) is 18.0 Å². The molecule has 2 aromatic rings. The zero-order valence-electron chi connectivity index (χ0n) is 13.4. The maximum atomic E-state index is 12.6. The number of carbonyl (C=O) groups excluding carboxylic acids is 2. The summed E-state index contributed by atoms with van der Waals surface area (Å²) < 4.78 is 26.7. The lowest BCUT2D eigenvalue weighted by atomic mass is 10.0. The fraction of sp³-hybridized carbons (Fsp3) is 0.294. The molecule has 7 nitrogen and oxygen atoms in total. The summed E-state index contributed by atoms with van der Waals surface area (Å²) in [4.78, 5) is 26.0. The molecule has 2 aliphatic heterocycles. The monoisotopic (exact) mass is 359 g/mol. The van der Waals surface area contributed by atoms with Crippen molar-refractivity contribution >= 4 is 32.8 Å². The van der Waals surface area contributed by atoms with Gasteiger partial charge in [0.1, 0.15) is 6.04 Å². The quantitative estimate of drug-likeness (QED) is 0.834. The zero-order valence-corrected chi connectivity index (χ0v) is 14.2. The van der Waals surface area contributed by atoms with Gasteiger partial charge in [-0.2, -0.15) is 12.7 Å². The van der Waals surface area contributed by atoms with Crippen LogP contribution in [0.25, 0.3) is 10.8 Å². The molecule has 2 aliphatic rings. The van der Waals surface area contributed by atoms with Crippen LogP contribution in [0.3, 0.4) is 0 Å². The first-order valence-electron chi connectivity index (χ1n) is 8.03. The van der Waals surface area contributed by atoms with Crippen molar-refractivity contribution in [2.75, 3.05) is 19.6 Å². The van der Waals surface area contributed by atoms with E-state index in [0.29, 0.717) is 0 Å². The van der Waals surface area contributed by atoms with E-state index in [1.54, 1.807) is 4.90 Å². The van der Waals surface area contributed by atoms with Crippen molar-refractivity contribution in [2.45, 2.75) is 12.5 Å². The van der Waals surface area contributed by atoms with Crippen LogP contribution >= 0.6 is 0 Å². The van der Waals surface area contributed by atoms with Gasteiger partial charge in [-0.1, -0.05) is 42.5 Å². The topological polar surface area (TPSA) is 86.8 Å². The van der Waals surface area contributed by atoms with Gasteiger partial charge in [-0.05, 0) is 16.3 Å². The Bertz CT molecular complexity index is 973. The van der Waals surface area contributed by atoms with Crippen LogP contribution in [0.2, 0.25) is 0 Å². The second-order valence-electron chi connectivity index (χ2n) is 6.30. The number of amides is 2. The van der Waals surface area contributed by atoms with Gasteiger partial charge in [0.25, 0.3) is 5.91 Å². The maximum Gasteiger partial charge on any atom is 0.304 e. The molecule has 130 valence electrons. The van der Waals surface area contributed by atoms with Crippen LogP contribution in [0, 0.1) is 0 Å². The molecule has 1 atom stereocenters. The molecule has 4 rings (SSSR count). The SMILES string of the molecule is O=C1NS(=O)(=O)N2CCN(C(=O)Cc3ccc4ccccc4c3)CC12. The highest BCUT2D eigenvalue weighted by atomic mass is 32.2. The number of carbonyl (C=O) groups is 2. The number of hydrogen-bond donors (Lipinski definition) is 1. The van der Waals surface area contributed by atoms with Crippen LogP contribution in [-0.4, -0.2) is 55.1 Å². The number of benzene rings is 2. The molecule has 2 fully saturated rings. The summed E-state index contributed by atoms with van der Waals surface area (Å²) in [7, 11) is -3.73. The Balaban J connectivity index is 1.49. The van der Waals surface area contributed by atoms with E-state index in [1.165, 1.54) is 0 Å². The summed E-state index contributed by atoms with van der Waals surface area (Å²) >= 11 is 0. The largest absolute Gasteiger partial charge is 0.339 e. The van der Waals surface area contributed by atoms with Crippen LogP contribution in [-0.2, 0) is 26.2 Å². The van der Waals surface area contributed by atoms with Gasteiger partial charge >= 0.3 is 10.2 Å². The lowest BCUT2D eigenvalue weighted by Crippen LogP contribution is -2.55. The van der Waals surface area contributed by atoms with Crippen molar-refractivity contribution in [1.29, 1.82) is 0 Å². The molecular weight excluding hydrogens is 342 g/mol. The normalized spacial score (nSPS) is 22.6. The number of hydrogen-bond acceptors (Lipinski definition) is 4. The summed E-state index contributed by atoms with van der Waals surface area (Å²) in [5, 5.41) is 2.18. The van der Waals surface area contributed by atoms with Gasteiger partial charge in [0.05, 0.1) is 6.42 Å². The predicted molar refractivity (Wildman–Crippen MR) is 91.8 cm³/mol. The zero-order chi connectivity index (χ0) is 17.6. The smallest absolute Gasteiger partial charge is 0.304 e. The van der Waals surface area contributed by atoms with Gasteiger partial charge in [0.15, 0.2) is 0 Å². The lowest BCUT2D eigenvalue weighted by Gasteiger charge is -2.34. The van der Waals surface area contributed by atoms with Gasteiger partial charge in [0, 0.05) is 19.6 Å². The summed E-state index contributed by atoms with van der Waals surface area (Å²) in [6, 6.07) is 13.0. The number of piperazine rings is 1. The minimum Gasteiger partial charge on any atom is -0.339 e. The summed E-state index contributed by atoms with van der Waals surface area (Å²) in [5.74, 6) is -0.671. The first-order chi connectivity index (χ1) is 11.9. The molecule has 8 heteroatoms. The number of nitrogens with one attached hydrogen (secondary N) is 1. The average molecular weight is 359 g/mol. The molecule has 0 bridgehead atoms. The van der Waals surface area contributed by atoms with E-state index in [4.69, 9.17) is 0 Å². The van der Waals surface area contributed by atoms with E-state index in [2.05, 4.69) is 0 Å². The Kier molecular flexibility index (Phi) is 3.73.